The molecule has 2 aromatic rings. The minimum Gasteiger partial charge on any atom is -0.434 e. The van der Waals surface area contributed by atoms with Crippen LogP contribution in [0.3, 0.4) is 0 Å². The topological polar surface area (TPSA) is 63.2 Å². The zero-order valence-corrected chi connectivity index (χ0v) is 11.8. The maximum Gasteiger partial charge on any atom is 0.387 e. The molecule has 1 aromatic heterocycles. The molecule has 0 radical (unpaired) electrons. The third-order valence-electron chi connectivity index (χ3n) is 2.92. The molecule has 0 aliphatic heterocycles. The van der Waals surface area contributed by atoms with E-state index in [0.29, 0.717) is 17.8 Å². The molecule has 0 fully saturated rings. The van der Waals surface area contributed by atoms with Crippen molar-refractivity contribution in [3.63, 3.8) is 0 Å². The normalized spacial score (nSPS) is 10.4. The Morgan fingerprint density at radius 1 is 1.32 bits per heavy atom. The molecule has 22 heavy (non-hydrogen) atoms. The fraction of sp³-hybridized carbons (Fsp3) is 0.200. The zero-order chi connectivity index (χ0) is 15.9. The summed E-state index contributed by atoms with van der Waals surface area (Å²) >= 11 is 0. The van der Waals surface area contributed by atoms with Gasteiger partial charge in [-0.25, -0.2) is 4.79 Å². The standard InChI is InChI=1S/C15H15F2N3O2/c1-10-12(5-2-6-13(10)22-14(16)17)20-15(21)19-9-11-4-3-7-18-8-11/h2-8,14H,9H2,1H3,(H2,19,20,21). The average molecular weight is 307 g/mol. The zero-order valence-electron chi connectivity index (χ0n) is 11.8. The van der Waals surface area contributed by atoms with E-state index in [1.54, 1.807) is 31.5 Å². The van der Waals surface area contributed by atoms with Crippen LogP contribution in [0, 0.1) is 6.92 Å². The van der Waals surface area contributed by atoms with Gasteiger partial charge in [0.05, 0.1) is 0 Å². The molecule has 5 nitrogen and oxygen atoms in total. The van der Waals surface area contributed by atoms with Gasteiger partial charge in [0.2, 0.25) is 0 Å². The number of halogens is 2. The van der Waals surface area contributed by atoms with Crippen LogP contribution in [0.4, 0.5) is 19.3 Å². The number of urea groups is 1. The number of carbonyl (C=O) groups excluding carboxylic acids is 1. The maximum absolute atomic E-state index is 12.3. The van der Waals surface area contributed by atoms with Crippen molar-refractivity contribution in [3.05, 3.63) is 53.9 Å². The summed E-state index contributed by atoms with van der Waals surface area (Å²) in [5.74, 6) is 0.0278. The Bertz CT molecular complexity index is 636. The molecule has 0 bridgehead atoms. The second kappa shape index (κ2) is 7.35. The maximum atomic E-state index is 12.3. The number of nitrogens with one attached hydrogen (secondary N) is 2. The van der Waals surface area contributed by atoms with Crippen LogP contribution < -0.4 is 15.4 Å². The van der Waals surface area contributed by atoms with Crippen LogP contribution in [0.1, 0.15) is 11.1 Å². The molecule has 2 amide bonds. The Morgan fingerprint density at radius 3 is 2.82 bits per heavy atom. The molecular weight excluding hydrogens is 292 g/mol. The van der Waals surface area contributed by atoms with Gasteiger partial charge in [-0.05, 0) is 30.7 Å². The summed E-state index contributed by atoms with van der Waals surface area (Å²) in [7, 11) is 0. The highest BCUT2D eigenvalue weighted by Crippen LogP contribution is 2.26. The first-order valence-corrected chi connectivity index (χ1v) is 6.54. The van der Waals surface area contributed by atoms with E-state index in [4.69, 9.17) is 0 Å². The molecular formula is C15H15F2N3O2. The second-order valence-electron chi connectivity index (χ2n) is 4.48. The number of benzene rings is 1. The Labute approximate surface area is 126 Å². The highest BCUT2D eigenvalue weighted by molar-refractivity contribution is 5.90. The number of nitrogens with zero attached hydrogens (tertiary/aromatic N) is 1. The molecule has 0 atom stereocenters. The number of hydrogen-bond acceptors (Lipinski definition) is 3. The second-order valence-corrected chi connectivity index (χ2v) is 4.48. The van der Waals surface area contributed by atoms with Crippen LogP contribution in [-0.2, 0) is 6.54 Å². The molecule has 2 N–H and O–H groups in total. The summed E-state index contributed by atoms with van der Waals surface area (Å²) in [6, 6.07) is 7.71. The van der Waals surface area contributed by atoms with Gasteiger partial charge >= 0.3 is 12.6 Å². The first-order chi connectivity index (χ1) is 10.6. The summed E-state index contributed by atoms with van der Waals surface area (Å²) in [5.41, 5.74) is 1.69. The third-order valence-corrected chi connectivity index (χ3v) is 2.92. The van der Waals surface area contributed by atoms with E-state index in [9.17, 15) is 13.6 Å². The average Bonchev–Trinajstić information content (AvgIpc) is 2.50. The Kier molecular flexibility index (Phi) is 5.24. The van der Waals surface area contributed by atoms with E-state index in [1.807, 2.05) is 6.07 Å². The molecule has 0 spiro atoms. The number of anilines is 1. The molecule has 0 aliphatic carbocycles. The molecule has 0 saturated heterocycles. The van der Waals surface area contributed by atoms with Crippen LogP contribution in [0.5, 0.6) is 5.75 Å². The van der Waals surface area contributed by atoms with Gasteiger partial charge in [0.15, 0.2) is 0 Å². The summed E-state index contributed by atoms with van der Waals surface area (Å²) in [6.07, 6.45) is 3.28. The number of carbonyl (C=O) groups is 1. The number of aromatic nitrogens is 1. The van der Waals surface area contributed by atoms with Gasteiger partial charge < -0.3 is 15.4 Å². The van der Waals surface area contributed by atoms with E-state index >= 15 is 0 Å². The lowest BCUT2D eigenvalue weighted by molar-refractivity contribution is -0.0502. The highest BCUT2D eigenvalue weighted by atomic mass is 19.3. The van der Waals surface area contributed by atoms with Gasteiger partial charge in [-0.2, -0.15) is 8.78 Å². The number of alkyl halides is 2. The summed E-state index contributed by atoms with van der Waals surface area (Å²) < 4.78 is 28.9. The lowest BCUT2D eigenvalue weighted by atomic mass is 10.2. The molecule has 2 rings (SSSR count). The van der Waals surface area contributed by atoms with Gasteiger partial charge in [-0.3, -0.25) is 4.98 Å². The number of hydrogen-bond donors (Lipinski definition) is 2. The number of rotatable bonds is 5. The smallest absolute Gasteiger partial charge is 0.387 e. The van der Waals surface area contributed by atoms with Gasteiger partial charge in [0, 0.05) is 30.2 Å². The fourth-order valence-electron chi connectivity index (χ4n) is 1.83. The van der Waals surface area contributed by atoms with Gasteiger partial charge in [-0.15, -0.1) is 0 Å². The molecule has 0 unspecified atom stereocenters. The number of amides is 2. The van der Waals surface area contributed by atoms with Crippen molar-refractivity contribution in [1.82, 2.24) is 10.3 Å². The summed E-state index contributed by atoms with van der Waals surface area (Å²) in [6.45, 7) is -1.01. The first-order valence-electron chi connectivity index (χ1n) is 6.54. The molecule has 0 aliphatic rings. The monoisotopic (exact) mass is 307 g/mol. The molecule has 7 heteroatoms. The molecule has 0 saturated carbocycles. The largest absolute Gasteiger partial charge is 0.434 e. The highest BCUT2D eigenvalue weighted by Gasteiger charge is 2.11. The fourth-order valence-corrected chi connectivity index (χ4v) is 1.83. The van der Waals surface area contributed by atoms with E-state index in [0.717, 1.165) is 5.56 Å². The quantitative estimate of drug-likeness (QED) is 0.890. The van der Waals surface area contributed by atoms with Gasteiger partial charge in [-0.1, -0.05) is 12.1 Å². The van der Waals surface area contributed by atoms with Crippen molar-refractivity contribution in [2.24, 2.45) is 0 Å². The van der Waals surface area contributed by atoms with Crippen molar-refractivity contribution in [2.45, 2.75) is 20.1 Å². The predicted octanol–water partition coefficient (Wildman–Crippen LogP) is 3.31. The van der Waals surface area contributed by atoms with Crippen LogP contribution in [-0.4, -0.2) is 17.6 Å². The molecule has 1 aromatic carbocycles. The van der Waals surface area contributed by atoms with Crippen molar-refractivity contribution in [2.75, 3.05) is 5.32 Å². The van der Waals surface area contributed by atoms with Crippen LogP contribution in [0.25, 0.3) is 0 Å². The van der Waals surface area contributed by atoms with E-state index < -0.39 is 12.6 Å². The van der Waals surface area contributed by atoms with Crippen molar-refractivity contribution < 1.29 is 18.3 Å². The minimum absolute atomic E-state index is 0.0278. The van der Waals surface area contributed by atoms with Crippen molar-refractivity contribution in [1.29, 1.82) is 0 Å². The first kappa shape index (κ1) is 15.7. The van der Waals surface area contributed by atoms with Crippen molar-refractivity contribution >= 4 is 11.7 Å². The predicted molar refractivity (Wildman–Crippen MR) is 77.9 cm³/mol. The van der Waals surface area contributed by atoms with Crippen molar-refractivity contribution in [3.8, 4) is 5.75 Å². The Hall–Kier alpha value is -2.70. The Balaban J connectivity index is 1.96. The third kappa shape index (κ3) is 4.41. The lowest BCUT2D eigenvalue weighted by Gasteiger charge is -2.13. The van der Waals surface area contributed by atoms with E-state index in [-0.39, 0.29) is 5.75 Å². The summed E-state index contributed by atoms with van der Waals surface area (Å²) in [4.78, 5) is 15.8. The van der Waals surface area contributed by atoms with Crippen LogP contribution >= 0.6 is 0 Å². The van der Waals surface area contributed by atoms with Crippen LogP contribution in [0.2, 0.25) is 0 Å². The summed E-state index contributed by atoms with van der Waals surface area (Å²) in [5, 5.41) is 5.25. The SMILES string of the molecule is Cc1c(NC(=O)NCc2cccnc2)cccc1OC(F)F. The van der Waals surface area contributed by atoms with E-state index in [1.165, 1.54) is 12.1 Å². The number of ether oxygens (including phenoxy) is 1. The lowest BCUT2D eigenvalue weighted by Crippen LogP contribution is -2.28. The van der Waals surface area contributed by atoms with Gasteiger partial charge in [0.1, 0.15) is 5.75 Å². The van der Waals surface area contributed by atoms with Gasteiger partial charge in [0.25, 0.3) is 0 Å². The van der Waals surface area contributed by atoms with Crippen LogP contribution in [0.15, 0.2) is 42.7 Å². The molecule has 1 heterocycles. The number of pyridine rings is 1. The minimum atomic E-state index is -2.91. The Morgan fingerprint density at radius 2 is 2.14 bits per heavy atom. The van der Waals surface area contributed by atoms with E-state index in [2.05, 4.69) is 20.4 Å². The molecule has 116 valence electrons.